The maximum atomic E-state index is 12.6. The lowest BCUT2D eigenvalue weighted by atomic mass is 10.1. The van der Waals surface area contributed by atoms with Gasteiger partial charge in [-0.1, -0.05) is 6.42 Å². The number of rotatable bonds is 1. The second-order valence-corrected chi connectivity index (χ2v) is 6.72. The molecule has 3 saturated heterocycles. The fourth-order valence-corrected chi connectivity index (χ4v) is 3.61. The Kier molecular flexibility index (Phi) is 5.50. The van der Waals surface area contributed by atoms with Crippen molar-refractivity contribution in [2.45, 2.75) is 50.4 Å². The number of ether oxygens (including phenoxy) is 2. The van der Waals surface area contributed by atoms with Crippen molar-refractivity contribution in [1.82, 2.24) is 9.80 Å². The van der Waals surface area contributed by atoms with Gasteiger partial charge in [0.1, 0.15) is 6.10 Å². The summed E-state index contributed by atoms with van der Waals surface area (Å²) in [6.45, 7) is 3.22. The maximum absolute atomic E-state index is 12.6. The van der Waals surface area contributed by atoms with Gasteiger partial charge in [-0.3, -0.25) is 9.59 Å². The Morgan fingerprint density at radius 3 is 2.30 bits per heavy atom. The lowest BCUT2D eigenvalue weighted by molar-refractivity contribution is -0.159. The normalized spacial score (nSPS) is 32.7. The van der Waals surface area contributed by atoms with Gasteiger partial charge in [0.2, 0.25) is 0 Å². The van der Waals surface area contributed by atoms with Crippen LogP contribution in [0.15, 0.2) is 0 Å². The molecule has 3 aliphatic heterocycles. The molecule has 7 nitrogen and oxygen atoms in total. The van der Waals surface area contributed by atoms with E-state index in [-0.39, 0.29) is 18.2 Å². The van der Waals surface area contributed by atoms with E-state index in [9.17, 15) is 9.59 Å². The molecule has 23 heavy (non-hydrogen) atoms. The molecule has 0 aromatic carbocycles. The predicted octanol–water partition coefficient (Wildman–Crippen LogP) is -0.267. The van der Waals surface area contributed by atoms with Crippen LogP contribution in [0.25, 0.3) is 0 Å². The van der Waals surface area contributed by atoms with Crippen molar-refractivity contribution in [2.75, 3.05) is 39.4 Å². The topological polar surface area (TPSA) is 85.1 Å². The molecule has 3 heterocycles. The average Bonchev–Trinajstić information content (AvgIpc) is 3.02. The summed E-state index contributed by atoms with van der Waals surface area (Å²) in [5.41, 5.74) is 5.99. The Hall–Kier alpha value is -1.18. The first-order chi connectivity index (χ1) is 11.1. The molecule has 3 aliphatic rings. The van der Waals surface area contributed by atoms with Crippen molar-refractivity contribution in [3.8, 4) is 0 Å². The molecule has 3 unspecified atom stereocenters. The highest BCUT2D eigenvalue weighted by molar-refractivity contribution is 6.34. The van der Waals surface area contributed by atoms with Gasteiger partial charge in [-0.05, 0) is 25.7 Å². The molecule has 2 amide bonds. The van der Waals surface area contributed by atoms with E-state index in [1.165, 1.54) is 0 Å². The standard InChI is InChI=1S/C16H27N3O4/c17-12-4-1-2-6-18(10-12)15(20)16(21)19-7-9-23-14(11-19)13-5-3-8-22-13/h12-14H,1-11,17H2. The fraction of sp³-hybridized carbons (Fsp3) is 0.875. The maximum Gasteiger partial charge on any atom is 0.312 e. The highest BCUT2D eigenvalue weighted by Gasteiger charge is 2.36. The van der Waals surface area contributed by atoms with E-state index in [1.54, 1.807) is 9.80 Å². The third-order valence-corrected chi connectivity index (χ3v) is 4.94. The summed E-state index contributed by atoms with van der Waals surface area (Å²) in [6.07, 6.45) is 4.76. The molecule has 3 atom stereocenters. The predicted molar refractivity (Wildman–Crippen MR) is 83.7 cm³/mol. The molecule has 2 N–H and O–H groups in total. The second kappa shape index (κ2) is 7.59. The Labute approximate surface area is 137 Å². The number of hydrogen-bond donors (Lipinski definition) is 1. The van der Waals surface area contributed by atoms with E-state index >= 15 is 0 Å². The SMILES string of the molecule is NC1CCCCN(C(=O)C(=O)N2CCOC(C3CCCO3)C2)C1. The quantitative estimate of drug-likeness (QED) is 0.671. The highest BCUT2D eigenvalue weighted by atomic mass is 16.5. The number of carbonyl (C=O) groups is 2. The van der Waals surface area contributed by atoms with Crippen LogP contribution >= 0.6 is 0 Å². The molecule has 130 valence electrons. The molecule has 0 saturated carbocycles. The summed E-state index contributed by atoms with van der Waals surface area (Å²) < 4.78 is 11.4. The summed E-state index contributed by atoms with van der Waals surface area (Å²) in [5, 5.41) is 0. The van der Waals surface area contributed by atoms with E-state index < -0.39 is 11.8 Å². The lowest BCUT2D eigenvalue weighted by Gasteiger charge is -2.36. The van der Waals surface area contributed by atoms with Crippen molar-refractivity contribution >= 4 is 11.8 Å². The van der Waals surface area contributed by atoms with Gasteiger partial charge in [0.05, 0.1) is 12.7 Å². The summed E-state index contributed by atoms with van der Waals surface area (Å²) in [7, 11) is 0. The first kappa shape index (κ1) is 16.7. The minimum atomic E-state index is -0.426. The molecule has 0 aromatic heterocycles. The molecular weight excluding hydrogens is 298 g/mol. The van der Waals surface area contributed by atoms with Crippen LogP contribution in [0.5, 0.6) is 0 Å². The van der Waals surface area contributed by atoms with E-state index in [2.05, 4.69) is 0 Å². The molecule has 7 heteroatoms. The van der Waals surface area contributed by atoms with Crippen LogP contribution in [0, 0.1) is 0 Å². The molecule has 3 fully saturated rings. The van der Waals surface area contributed by atoms with E-state index in [1.807, 2.05) is 0 Å². The highest BCUT2D eigenvalue weighted by Crippen LogP contribution is 2.21. The number of likely N-dealkylation sites (tertiary alicyclic amines) is 1. The minimum absolute atomic E-state index is 0.0291. The summed E-state index contributed by atoms with van der Waals surface area (Å²) in [4.78, 5) is 28.3. The summed E-state index contributed by atoms with van der Waals surface area (Å²) in [6, 6.07) is -0.0291. The molecule has 0 radical (unpaired) electrons. The van der Waals surface area contributed by atoms with Gasteiger partial charge in [-0.15, -0.1) is 0 Å². The molecule has 0 spiro atoms. The van der Waals surface area contributed by atoms with Crippen molar-refractivity contribution in [2.24, 2.45) is 5.73 Å². The van der Waals surface area contributed by atoms with Crippen LogP contribution in [0.4, 0.5) is 0 Å². The van der Waals surface area contributed by atoms with Gasteiger partial charge >= 0.3 is 11.8 Å². The van der Waals surface area contributed by atoms with Gasteiger partial charge in [0, 0.05) is 38.8 Å². The van der Waals surface area contributed by atoms with Crippen LogP contribution in [-0.4, -0.2) is 79.3 Å². The average molecular weight is 325 g/mol. The van der Waals surface area contributed by atoms with E-state index in [0.29, 0.717) is 32.8 Å². The first-order valence-corrected chi connectivity index (χ1v) is 8.72. The number of carbonyl (C=O) groups excluding carboxylic acids is 2. The third-order valence-electron chi connectivity index (χ3n) is 4.94. The van der Waals surface area contributed by atoms with Crippen LogP contribution in [0.2, 0.25) is 0 Å². The number of morpholine rings is 1. The smallest absolute Gasteiger partial charge is 0.312 e. The van der Waals surface area contributed by atoms with Crippen LogP contribution < -0.4 is 5.73 Å². The Balaban J connectivity index is 1.58. The Morgan fingerprint density at radius 1 is 0.826 bits per heavy atom. The molecule has 0 bridgehead atoms. The minimum Gasteiger partial charge on any atom is -0.375 e. The first-order valence-electron chi connectivity index (χ1n) is 8.72. The van der Waals surface area contributed by atoms with Gasteiger partial charge in [0.25, 0.3) is 0 Å². The number of hydrogen-bond acceptors (Lipinski definition) is 5. The zero-order chi connectivity index (χ0) is 16.2. The van der Waals surface area contributed by atoms with Crippen LogP contribution in [0.3, 0.4) is 0 Å². The monoisotopic (exact) mass is 325 g/mol. The van der Waals surface area contributed by atoms with Crippen molar-refractivity contribution < 1.29 is 19.1 Å². The number of nitrogens with zero attached hydrogens (tertiary/aromatic N) is 2. The van der Waals surface area contributed by atoms with Crippen molar-refractivity contribution in [3.05, 3.63) is 0 Å². The number of amides is 2. The zero-order valence-corrected chi connectivity index (χ0v) is 13.6. The zero-order valence-electron chi connectivity index (χ0n) is 13.6. The van der Waals surface area contributed by atoms with Gasteiger partial charge < -0.3 is 25.0 Å². The molecule has 0 aliphatic carbocycles. The summed E-state index contributed by atoms with van der Waals surface area (Å²) in [5.74, 6) is -0.847. The van der Waals surface area contributed by atoms with Gasteiger partial charge in [-0.2, -0.15) is 0 Å². The Bertz CT molecular complexity index is 439. The van der Waals surface area contributed by atoms with Crippen LogP contribution in [0.1, 0.15) is 32.1 Å². The van der Waals surface area contributed by atoms with Gasteiger partial charge in [-0.25, -0.2) is 0 Å². The molecule has 3 rings (SSSR count). The van der Waals surface area contributed by atoms with E-state index in [4.69, 9.17) is 15.2 Å². The lowest BCUT2D eigenvalue weighted by Crippen LogP contribution is -2.54. The van der Waals surface area contributed by atoms with Crippen molar-refractivity contribution in [3.63, 3.8) is 0 Å². The molecular formula is C16H27N3O4. The third kappa shape index (κ3) is 4.02. The summed E-state index contributed by atoms with van der Waals surface area (Å²) >= 11 is 0. The fourth-order valence-electron chi connectivity index (χ4n) is 3.61. The van der Waals surface area contributed by atoms with Gasteiger partial charge in [0.15, 0.2) is 0 Å². The second-order valence-electron chi connectivity index (χ2n) is 6.72. The van der Waals surface area contributed by atoms with Crippen molar-refractivity contribution in [1.29, 1.82) is 0 Å². The van der Waals surface area contributed by atoms with E-state index in [0.717, 1.165) is 38.7 Å². The largest absolute Gasteiger partial charge is 0.375 e. The van der Waals surface area contributed by atoms with Crippen LogP contribution in [-0.2, 0) is 19.1 Å². The number of nitrogens with two attached hydrogens (primary N) is 1. The molecule has 0 aromatic rings. The Morgan fingerprint density at radius 2 is 1.57 bits per heavy atom.